The number of halogens is 5. The van der Waals surface area contributed by atoms with Crippen LogP contribution in [-0.2, 0) is 6.54 Å². The van der Waals surface area contributed by atoms with Crippen LogP contribution in [0.5, 0.6) is 17.8 Å². The Hall–Kier alpha value is -4.04. The highest BCUT2D eigenvalue weighted by Crippen LogP contribution is 2.38. The molecule has 50 heavy (non-hydrogen) atoms. The number of amides is 1. The lowest BCUT2D eigenvalue weighted by molar-refractivity contribution is -0.154. The van der Waals surface area contributed by atoms with Gasteiger partial charge >= 0.3 is 12.2 Å². The van der Waals surface area contributed by atoms with Crippen molar-refractivity contribution in [3.63, 3.8) is 0 Å². The highest BCUT2D eigenvalue weighted by Gasteiger charge is 2.44. The number of fused-ring (bicyclic) bond motifs is 1. The number of piperazine rings is 2. The van der Waals surface area contributed by atoms with Gasteiger partial charge in [0.05, 0.1) is 19.3 Å². The first-order valence-corrected chi connectivity index (χ1v) is 16.0. The smallest absolute Gasteiger partial charge is 0.422 e. The van der Waals surface area contributed by atoms with Gasteiger partial charge < -0.3 is 24.1 Å². The summed E-state index contributed by atoms with van der Waals surface area (Å²) in [5.74, 6) is -0.251. The average Bonchev–Trinajstić information content (AvgIpc) is 3.64. The van der Waals surface area contributed by atoms with Crippen molar-refractivity contribution in [2.75, 3.05) is 53.0 Å². The van der Waals surface area contributed by atoms with Gasteiger partial charge in [0.15, 0.2) is 6.61 Å². The summed E-state index contributed by atoms with van der Waals surface area (Å²) in [6.07, 6.45) is -2.84. The SMILES string of the molecule is CCOc1nc(OC)c(CN2C[C@@H]3CN(C(=O)c4ccc[nH]4)CCN3[C@H](C(c3ccccc3)c3ccccc3)C2)c(OCC(F)(F)F)n1.Cl.Cl. The van der Waals surface area contributed by atoms with E-state index >= 15 is 0 Å². The van der Waals surface area contributed by atoms with Crippen molar-refractivity contribution in [3.05, 3.63) is 101 Å². The Balaban J connectivity index is 0.00000281. The molecule has 0 unspecified atom stereocenters. The topological polar surface area (TPSA) is 96.0 Å². The number of ether oxygens (including phenoxy) is 3. The van der Waals surface area contributed by atoms with Crippen LogP contribution in [0.3, 0.4) is 0 Å². The van der Waals surface area contributed by atoms with E-state index in [0.717, 1.165) is 11.1 Å². The molecular formula is C35H41Cl2F3N6O4. The summed E-state index contributed by atoms with van der Waals surface area (Å²) in [7, 11) is 1.40. The summed E-state index contributed by atoms with van der Waals surface area (Å²) in [6, 6.07) is 24.0. The average molecular weight is 738 g/mol. The number of carbonyl (C=O) groups excluding carboxylic acids is 1. The van der Waals surface area contributed by atoms with E-state index in [1.165, 1.54) is 7.11 Å². The summed E-state index contributed by atoms with van der Waals surface area (Å²) < 4.78 is 56.2. The molecule has 0 bridgehead atoms. The van der Waals surface area contributed by atoms with E-state index < -0.39 is 12.8 Å². The molecule has 0 spiro atoms. The van der Waals surface area contributed by atoms with E-state index in [-0.39, 0.29) is 79.6 Å². The number of hydrogen-bond acceptors (Lipinski definition) is 8. The quantitative estimate of drug-likeness (QED) is 0.205. The third kappa shape index (κ3) is 9.00. The van der Waals surface area contributed by atoms with Crippen LogP contribution in [0, 0.1) is 0 Å². The predicted molar refractivity (Wildman–Crippen MR) is 187 cm³/mol. The maximum atomic E-state index is 13.4. The first kappa shape index (κ1) is 38.8. The zero-order chi connectivity index (χ0) is 33.7. The Kier molecular flexibility index (Phi) is 13.4. The third-order valence-electron chi connectivity index (χ3n) is 8.82. The molecule has 2 fully saturated rings. The van der Waals surface area contributed by atoms with Gasteiger partial charge in [0, 0.05) is 63.5 Å². The molecule has 6 rings (SSSR count). The molecule has 2 saturated heterocycles. The highest BCUT2D eigenvalue weighted by atomic mass is 35.5. The number of methoxy groups -OCH3 is 1. The molecule has 4 heterocycles. The molecule has 2 aliphatic rings. The number of rotatable bonds is 11. The van der Waals surface area contributed by atoms with E-state index in [4.69, 9.17) is 14.2 Å². The lowest BCUT2D eigenvalue weighted by Gasteiger charge is -2.53. The molecule has 1 amide bonds. The van der Waals surface area contributed by atoms with Gasteiger partial charge in [-0.1, -0.05) is 60.7 Å². The molecule has 0 aliphatic carbocycles. The molecule has 2 aromatic heterocycles. The fraction of sp³-hybridized carbons (Fsp3) is 0.400. The minimum absolute atomic E-state index is 0. The van der Waals surface area contributed by atoms with Gasteiger partial charge in [-0.25, -0.2) is 0 Å². The molecule has 270 valence electrons. The molecule has 2 aromatic carbocycles. The molecule has 10 nitrogen and oxygen atoms in total. The molecule has 2 atom stereocenters. The van der Waals surface area contributed by atoms with Gasteiger partial charge in [-0.05, 0) is 30.2 Å². The predicted octanol–water partition coefficient (Wildman–Crippen LogP) is 5.84. The largest absolute Gasteiger partial charge is 0.481 e. The first-order valence-electron chi connectivity index (χ1n) is 16.0. The zero-order valence-electron chi connectivity index (χ0n) is 27.7. The summed E-state index contributed by atoms with van der Waals surface area (Å²) >= 11 is 0. The lowest BCUT2D eigenvalue weighted by Crippen LogP contribution is -2.67. The Bertz CT molecular complexity index is 1610. The Morgan fingerprint density at radius 3 is 2.14 bits per heavy atom. The van der Waals surface area contributed by atoms with E-state index in [1.807, 2.05) is 41.3 Å². The summed E-state index contributed by atoms with van der Waals surface area (Å²) in [6.45, 7) is 3.40. The van der Waals surface area contributed by atoms with Crippen LogP contribution in [0.1, 0.15) is 40.0 Å². The van der Waals surface area contributed by atoms with Gasteiger partial charge in [0.2, 0.25) is 11.8 Å². The minimum atomic E-state index is -4.58. The molecule has 4 aromatic rings. The lowest BCUT2D eigenvalue weighted by atomic mass is 9.81. The van der Waals surface area contributed by atoms with Gasteiger partial charge in [0.1, 0.15) is 5.69 Å². The van der Waals surface area contributed by atoms with Gasteiger partial charge in [-0.15, -0.1) is 24.8 Å². The number of nitrogens with one attached hydrogen (secondary N) is 1. The normalized spacial score (nSPS) is 18.1. The summed E-state index contributed by atoms with van der Waals surface area (Å²) in [5.41, 5.74) is 3.12. The standard InChI is InChI=1S/C35H39F3N6O4.2ClH/c1-3-47-34-40-31(46-2)27(32(41-34)48-23-35(36,37)38)21-42-19-26-20-43(33(45)28-15-10-16-39-28)17-18-44(26)29(22-42)30(24-11-6-4-7-12-24)25-13-8-5-9-14-25;;/h4-16,26,29-30,39H,3,17-23H2,1-2H3;2*1H/t26-,29+;;/m1../s1. The number of nitrogens with zero attached hydrogens (tertiary/aromatic N) is 5. The Labute approximate surface area is 301 Å². The van der Waals surface area contributed by atoms with Gasteiger partial charge in [-0.3, -0.25) is 14.6 Å². The summed E-state index contributed by atoms with van der Waals surface area (Å²) in [5, 5.41) is 0. The molecule has 0 radical (unpaired) electrons. The monoisotopic (exact) mass is 736 g/mol. The van der Waals surface area contributed by atoms with Crippen LogP contribution in [0.25, 0.3) is 0 Å². The number of alkyl halides is 3. The maximum Gasteiger partial charge on any atom is 0.422 e. The van der Waals surface area contributed by atoms with E-state index in [2.05, 4.69) is 49.0 Å². The van der Waals surface area contributed by atoms with Crippen molar-refractivity contribution in [2.45, 2.75) is 37.6 Å². The van der Waals surface area contributed by atoms with E-state index in [0.29, 0.717) is 44.0 Å². The zero-order valence-corrected chi connectivity index (χ0v) is 29.3. The second-order valence-corrected chi connectivity index (χ2v) is 11.9. The van der Waals surface area contributed by atoms with Crippen molar-refractivity contribution in [1.29, 1.82) is 0 Å². The van der Waals surface area contributed by atoms with E-state index in [9.17, 15) is 18.0 Å². The first-order chi connectivity index (χ1) is 23.2. The molecule has 2 aliphatic heterocycles. The van der Waals surface area contributed by atoms with Gasteiger partial charge in [-0.2, -0.15) is 23.1 Å². The van der Waals surface area contributed by atoms with Crippen LogP contribution in [0.15, 0.2) is 79.0 Å². The van der Waals surface area contributed by atoms with Crippen LogP contribution in [-0.4, -0.2) is 107 Å². The van der Waals surface area contributed by atoms with Gasteiger partial charge in [0.25, 0.3) is 5.91 Å². The fourth-order valence-corrected chi connectivity index (χ4v) is 6.83. The van der Waals surface area contributed by atoms with Crippen molar-refractivity contribution >= 4 is 30.7 Å². The fourth-order valence-electron chi connectivity index (χ4n) is 6.83. The second-order valence-electron chi connectivity index (χ2n) is 11.9. The second kappa shape index (κ2) is 17.3. The molecule has 0 saturated carbocycles. The summed E-state index contributed by atoms with van der Waals surface area (Å²) in [4.78, 5) is 31.5. The van der Waals surface area contributed by atoms with Crippen molar-refractivity contribution in [2.24, 2.45) is 0 Å². The molecule has 15 heteroatoms. The van der Waals surface area contributed by atoms with Crippen molar-refractivity contribution in [3.8, 4) is 17.8 Å². The Morgan fingerprint density at radius 2 is 1.56 bits per heavy atom. The highest BCUT2D eigenvalue weighted by molar-refractivity contribution is 5.92. The number of benzene rings is 2. The number of H-pyrrole nitrogens is 1. The minimum Gasteiger partial charge on any atom is -0.481 e. The Morgan fingerprint density at radius 1 is 0.900 bits per heavy atom. The molecular weight excluding hydrogens is 696 g/mol. The van der Waals surface area contributed by atoms with Crippen molar-refractivity contribution in [1.82, 2.24) is 29.7 Å². The number of hydrogen-bond donors (Lipinski definition) is 1. The van der Waals surface area contributed by atoms with Crippen LogP contribution < -0.4 is 14.2 Å². The van der Waals surface area contributed by atoms with Crippen molar-refractivity contribution < 1.29 is 32.2 Å². The van der Waals surface area contributed by atoms with E-state index in [1.54, 1.807) is 25.3 Å². The molecule has 1 N–H and O–H groups in total. The maximum absolute atomic E-state index is 13.4. The third-order valence-corrected chi connectivity index (χ3v) is 8.82. The van der Waals surface area contributed by atoms with Crippen LogP contribution in [0.4, 0.5) is 13.2 Å². The van der Waals surface area contributed by atoms with Crippen LogP contribution in [0.2, 0.25) is 0 Å². The van der Waals surface area contributed by atoms with Crippen LogP contribution >= 0.6 is 24.8 Å². The number of aromatic nitrogens is 3. The number of aromatic amines is 1. The number of carbonyl (C=O) groups is 1.